The number of carboxylic acids is 1. The van der Waals surface area contributed by atoms with Crippen molar-refractivity contribution in [2.75, 3.05) is 12.3 Å². The summed E-state index contributed by atoms with van der Waals surface area (Å²) in [6.45, 7) is 0.478. The van der Waals surface area contributed by atoms with E-state index < -0.39 is 12.1 Å². The van der Waals surface area contributed by atoms with Crippen LogP contribution in [0.1, 0.15) is 28.2 Å². The number of aromatic carboxylic acids is 1. The molecule has 2 rings (SSSR count). The van der Waals surface area contributed by atoms with Gasteiger partial charge >= 0.3 is 12.1 Å². The van der Waals surface area contributed by atoms with E-state index in [1.54, 1.807) is 0 Å². The second-order valence-electron chi connectivity index (χ2n) is 4.83. The molecular weight excluding hydrogens is 324 g/mol. The van der Waals surface area contributed by atoms with Crippen LogP contribution in [-0.4, -0.2) is 33.7 Å². The number of rotatable bonds is 5. The fourth-order valence-electron chi connectivity index (χ4n) is 1.77. The minimum absolute atomic E-state index is 0.166. The molecule has 1 heterocycles. The highest BCUT2D eigenvalue weighted by Crippen LogP contribution is 2.05. The van der Waals surface area contributed by atoms with Crippen LogP contribution >= 0.6 is 0 Å². The molecule has 0 aliphatic heterocycles. The van der Waals surface area contributed by atoms with Gasteiger partial charge in [0, 0.05) is 13.0 Å². The first-order valence-corrected chi connectivity index (χ1v) is 7.35. The van der Waals surface area contributed by atoms with E-state index in [1.165, 1.54) is 6.20 Å². The molecule has 1 amide bonds. The Bertz CT molecular complexity index is 812. The summed E-state index contributed by atoms with van der Waals surface area (Å²) in [5, 5.41) is 11.5. The molecule has 0 bridgehead atoms. The highest BCUT2D eigenvalue weighted by molar-refractivity contribution is 5.90. The second-order valence-corrected chi connectivity index (χ2v) is 4.83. The molecule has 0 aliphatic rings. The van der Waals surface area contributed by atoms with Crippen LogP contribution in [0.4, 0.5) is 10.6 Å². The predicted molar refractivity (Wildman–Crippen MR) is 89.5 cm³/mol. The van der Waals surface area contributed by atoms with Crippen LogP contribution in [0.15, 0.2) is 36.5 Å². The van der Waals surface area contributed by atoms with Gasteiger partial charge in [0.1, 0.15) is 12.3 Å². The Morgan fingerprint density at radius 1 is 1.28 bits per heavy atom. The van der Waals surface area contributed by atoms with Crippen molar-refractivity contribution in [3.05, 3.63) is 53.5 Å². The Morgan fingerprint density at radius 2 is 2.04 bits per heavy atom. The van der Waals surface area contributed by atoms with E-state index in [-0.39, 0.29) is 30.4 Å². The molecule has 8 heteroatoms. The number of carbonyl (C=O) groups excluding carboxylic acids is 1. The third-order valence-electron chi connectivity index (χ3n) is 2.95. The molecule has 0 atom stereocenters. The number of nitrogens with one attached hydrogen (secondary N) is 1. The number of hydrogen-bond donors (Lipinski definition) is 3. The van der Waals surface area contributed by atoms with Crippen molar-refractivity contribution < 1.29 is 19.4 Å². The zero-order valence-corrected chi connectivity index (χ0v) is 13.2. The van der Waals surface area contributed by atoms with Gasteiger partial charge in [0.15, 0.2) is 11.5 Å². The number of aromatic nitrogens is 2. The van der Waals surface area contributed by atoms with Crippen molar-refractivity contribution in [1.29, 1.82) is 0 Å². The number of amides is 1. The van der Waals surface area contributed by atoms with Crippen molar-refractivity contribution in [3.8, 4) is 11.8 Å². The molecule has 0 spiro atoms. The number of benzene rings is 1. The van der Waals surface area contributed by atoms with E-state index in [4.69, 9.17) is 15.6 Å². The van der Waals surface area contributed by atoms with Gasteiger partial charge in [0.2, 0.25) is 0 Å². The van der Waals surface area contributed by atoms with Crippen LogP contribution in [0, 0.1) is 11.8 Å². The van der Waals surface area contributed by atoms with Crippen LogP contribution in [-0.2, 0) is 11.3 Å². The molecule has 0 saturated heterocycles. The van der Waals surface area contributed by atoms with Gasteiger partial charge in [-0.2, -0.15) is 0 Å². The van der Waals surface area contributed by atoms with Gasteiger partial charge in [-0.25, -0.2) is 19.6 Å². The molecule has 128 valence electrons. The largest absolute Gasteiger partial charge is 0.476 e. The number of carbonyl (C=O) groups is 2. The van der Waals surface area contributed by atoms with Gasteiger partial charge in [-0.05, 0) is 11.5 Å². The van der Waals surface area contributed by atoms with Gasteiger partial charge in [0.25, 0.3) is 0 Å². The number of alkyl carbamates (subject to hydrolysis) is 1. The van der Waals surface area contributed by atoms with Gasteiger partial charge < -0.3 is 20.9 Å². The number of carboxylic acid groups (broad SMARTS) is 1. The van der Waals surface area contributed by atoms with Crippen LogP contribution in [0.5, 0.6) is 0 Å². The Kier molecular flexibility index (Phi) is 6.31. The summed E-state index contributed by atoms with van der Waals surface area (Å²) in [7, 11) is 0. The highest BCUT2D eigenvalue weighted by Gasteiger charge is 2.11. The Balaban J connectivity index is 1.74. The molecule has 0 saturated carbocycles. The number of nitrogen functional groups attached to an aromatic ring is 1. The molecule has 1 aromatic heterocycles. The normalized spacial score (nSPS) is 9.60. The van der Waals surface area contributed by atoms with Crippen LogP contribution in [0.25, 0.3) is 0 Å². The van der Waals surface area contributed by atoms with Gasteiger partial charge in [-0.15, -0.1) is 0 Å². The fourth-order valence-corrected chi connectivity index (χ4v) is 1.77. The molecule has 8 nitrogen and oxygen atoms in total. The Morgan fingerprint density at radius 3 is 2.76 bits per heavy atom. The van der Waals surface area contributed by atoms with E-state index in [0.717, 1.165) is 5.56 Å². The summed E-state index contributed by atoms with van der Waals surface area (Å²) < 4.78 is 5.05. The summed E-state index contributed by atoms with van der Waals surface area (Å²) in [6, 6.07) is 9.33. The average molecular weight is 340 g/mol. The molecule has 0 unspecified atom stereocenters. The molecule has 2 aromatic rings. The van der Waals surface area contributed by atoms with Crippen LogP contribution in [0.3, 0.4) is 0 Å². The number of ether oxygens (including phenoxy) is 1. The van der Waals surface area contributed by atoms with Gasteiger partial charge in [0.05, 0.1) is 6.20 Å². The predicted octanol–water partition coefficient (Wildman–Crippen LogP) is 1.43. The Hall–Kier alpha value is -3.60. The molecule has 4 N–H and O–H groups in total. The first kappa shape index (κ1) is 17.7. The minimum Gasteiger partial charge on any atom is -0.476 e. The maximum atomic E-state index is 11.5. The maximum absolute atomic E-state index is 11.5. The molecule has 0 aliphatic carbocycles. The smallest absolute Gasteiger partial charge is 0.407 e. The molecule has 0 radical (unpaired) electrons. The number of nitrogens with two attached hydrogens (primary N) is 1. The number of anilines is 1. The zero-order chi connectivity index (χ0) is 18.1. The van der Waals surface area contributed by atoms with Gasteiger partial charge in [-0.1, -0.05) is 36.3 Å². The third kappa shape index (κ3) is 5.84. The summed E-state index contributed by atoms with van der Waals surface area (Å²) in [4.78, 5) is 29.9. The van der Waals surface area contributed by atoms with Crippen LogP contribution in [0.2, 0.25) is 0 Å². The van der Waals surface area contributed by atoms with Crippen molar-refractivity contribution in [2.45, 2.75) is 13.0 Å². The monoisotopic (exact) mass is 340 g/mol. The van der Waals surface area contributed by atoms with Gasteiger partial charge in [-0.3, -0.25) is 0 Å². The number of hydrogen-bond acceptors (Lipinski definition) is 6. The lowest BCUT2D eigenvalue weighted by atomic mass is 10.2. The quantitative estimate of drug-likeness (QED) is 0.555. The number of nitrogens with zero attached hydrogens (tertiary/aromatic N) is 2. The van der Waals surface area contributed by atoms with E-state index in [2.05, 4.69) is 27.1 Å². The SMILES string of the molecule is Nc1ncc(C#CCCNC(=O)OCc2ccccc2)nc1C(=O)O. The third-order valence-corrected chi connectivity index (χ3v) is 2.95. The summed E-state index contributed by atoms with van der Waals surface area (Å²) in [6.07, 6.45) is 1.09. The molecule has 1 aromatic carbocycles. The van der Waals surface area contributed by atoms with Crippen molar-refractivity contribution in [2.24, 2.45) is 0 Å². The van der Waals surface area contributed by atoms with Crippen molar-refractivity contribution in [3.63, 3.8) is 0 Å². The highest BCUT2D eigenvalue weighted by atomic mass is 16.5. The second kappa shape index (κ2) is 8.88. The fraction of sp³-hybridized carbons (Fsp3) is 0.176. The molecule has 0 fully saturated rings. The molecule has 25 heavy (non-hydrogen) atoms. The lowest BCUT2D eigenvalue weighted by molar-refractivity contribution is 0.0691. The first-order chi connectivity index (χ1) is 12.1. The zero-order valence-electron chi connectivity index (χ0n) is 13.2. The Labute approximate surface area is 144 Å². The minimum atomic E-state index is -1.27. The lowest BCUT2D eigenvalue weighted by Gasteiger charge is -2.05. The summed E-state index contributed by atoms with van der Waals surface area (Å²) in [5.41, 5.74) is 6.16. The topological polar surface area (TPSA) is 127 Å². The van der Waals surface area contributed by atoms with E-state index >= 15 is 0 Å². The maximum Gasteiger partial charge on any atom is 0.407 e. The van der Waals surface area contributed by atoms with E-state index in [9.17, 15) is 9.59 Å². The van der Waals surface area contributed by atoms with E-state index in [1.807, 2.05) is 30.3 Å². The standard InChI is InChI=1S/C17H16N4O4/c18-15-14(16(22)23)21-13(10-20-15)8-4-5-9-19-17(24)25-11-12-6-2-1-3-7-12/h1-3,6-7,10H,5,9,11H2,(H2,18,20)(H,19,24)(H,22,23). The summed E-state index contributed by atoms with van der Waals surface area (Å²) in [5.74, 6) is 3.99. The van der Waals surface area contributed by atoms with Crippen molar-refractivity contribution >= 4 is 17.9 Å². The summed E-state index contributed by atoms with van der Waals surface area (Å²) >= 11 is 0. The first-order valence-electron chi connectivity index (χ1n) is 7.35. The molecular formula is C17H16N4O4. The lowest BCUT2D eigenvalue weighted by Crippen LogP contribution is -2.24. The van der Waals surface area contributed by atoms with Crippen LogP contribution < -0.4 is 11.1 Å². The van der Waals surface area contributed by atoms with Crippen molar-refractivity contribution in [1.82, 2.24) is 15.3 Å². The average Bonchev–Trinajstić information content (AvgIpc) is 2.61. The van der Waals surface area contributed by atoms with E-state index in [0.29, 0.717) is 6.42 Å².